The van der Waals surface area contributed by atoms with Gasteiger partial charge >= 0.3 is 0 Å². The van der Waals surface area contributed by atoms with Gasteiger partial charge in [0.25, 0.3) is 11.8 Å². The number of amides is 2. The summed E-state index contributed by atoms with van der Waals surface area (Å²) in [5.41, 5.74) is 2.76. The SMILES string of the molecule is COCc1nc(OC)c2c(C)c(C(=O)Nc3ccc(C(=O)NCC(C)C)cc3C)sc2n1. The first kappa shape index (κ1) is 23.6. The Morgan fingerprint density at radius 3 is 2.50 bits per heavy atom. The van der Waals surface area contributed by atoms with E-state index in [1.165, 1.54) is 18.4 Å². The number of hydrogen-bond acceptors (Lipinski definition) is 7. The van der Waals surface area contributed by atoms with Gasteiger partial charge in [0.05, 0.1) is 17.4 Å². The second-order valence-electron chi connectivity index (χ2n) is 7.91. The van der Waals surface area contributed by atoms with Gasteiger partial charge in [0.1, 0.15) is 11.4 Å². The number of benzene rings is 1. The lowest BCUT2D eigenvalue weighted by Crippen LogP contribution is -2.27. The van der Waals surface area contributed by atoms with E-state index in [0.29, 0.717) is 45.1 Å². The van der Waals surface area contributed by atoms with E-state index in [9.17, 15) is 9.59 Å². The minimum absolute atomic E-state index is 0.127. The van der Waals surface area contributed by atoms with Crippen LogP contribution in [0, 0.1) is 19.8 Å². The maximum Gasteiger partial charge on any atom is 0.266 e. The van der Waals surface area contributed by atoms with Crippen LogP contribution in [-0.4, -0.2) is 42.5 Å². The monoisotopic (exact) mass is 456 g/mol. The van der Waals surface area contributed by atoms with Gasteiger partial charge in [0.2, 0.25) is 5.88 Å². The fourth-order valence-corrected chi connectivity index (χ4v) is 4.31. The number of hydrogen-bond donors (Lipinski definition) is 2. The van der Waals surface area contributed by atoms with Crippen molar-refractivity contribution < 1.29 is 19.1 Å². The fraction of sp³-hybridized carbons (Fsp3) is 0.391. The zero-order valence-electron chi connectivity index (χ0n) is 19.2. The summed E-state index contributed by atoms with van der Waals surface area (Å²) in [6.07, 6.45) is 0. The highest BCUT2D eigenvalue weighted by atomic mass is 32.1. The Morgan fingerprint density at radius 1 is 1.12 bits per heavy atom. The van der Waals surface area contributed by atoms with Crippen LogP contribution in [0.5, 0.6) is 5.88 Å². The van der Waals surface area contributed by atoms with E-state index in [4.69, 9.17) is 9.47 Å². The molecule has 0 bridgehead atoms. The van der Waals surface area contributed by atoms with E-state index >= 15 is 0 Å². The maximum atomic E-state index is 13.1. The third-order valence-electron chi connectivity index (χ3n) is 4.88. The predicted molar refractivity (Wildman–Crippen MR) is 126 cm³/mol. The Kier molecular flexibility index (Phi) is 7.42. The number of carbonyl (C=O) groups is 2. The van der Waals surface area contributed by atoms with E-state index in [0.717, 1.165) is 16.5 Å². The van der Waals surface area contributed by atoms with Crippen molar-refractivity contribution in [3.05, 3.63) is 45.6 Å². The number of nitrogens with zero attached hydrogens (tertiary/aromatic N) is 2. The molecule has 0 fully saturated rings. The van der Waals surface area contributed by atoms with Gasteiger partial charge in [-0.2, -0.15) is 4.98 Å². The number of aryl methyl sites for hydroxylation is 2. The number of carbonyl (C=O) groups excluding carboxylic acids is 2. The van der Waals surface area contributed by atoms with E-state index < -0.39 is 0 Å². The summed E-state index contributed by atoms with van der Waals surface area (Å²) < 4.78 is 10.5. The second-order valence-corrected chi connectivity index (χ2v) is 8.91. The molecular formula is C23H28N4O4S. The van der Waals surface area contributed by atoms with Crippen molar-refractivity contribution in [2.45, 2.75) is 34.3 Å². The van der Waals surface area contributed by atoms with Gasteiger partial charge in [-0.15, -0.1) is 11.3 Å². The van der Waals surface area contributed by atoms with Crippen LogP contribution in [0.2, 0.25) is 0 Å². The molecule has 0 unspecified atom stereocenters. The van der Waals surface area contributed by atoms with Crippen molar-refractivity contribution in [3.8, 4) is 5.88 Å². The molecule has 1 aromatic carbocycles. The molecule has 0 radical (unpaired) electrons. The Balaban J connectivity index is 1.85. The molecular weight excluding hydrogens is 428 g/mol. The Morgan fingerprint density at radius 2 is 1.88 bits per heavy atom. The highest BCUT2D eigenvalue weighted by molar-refractivity contribution is 7.20. The third kappa shape index (κ3) is 5.05. The highest BCUT2D eigenvalue weighted by Crippen LogP contribution is 2.35. The fourth-order valence-electron chi connectivity index (χ4n) is 3.23. The number of rotatable bonds is 8. The quantitative estimate of drug-likeness (QED) is 0.529. The van der Waals surface area contributed by atoms with Gasteiger partial charge in [-0.05, 0) is 49.1 Å². The summed E-state index contributed by atoms with van der Waals surface area (Å²) in [7, 11) is 3.11. The molecule has 0 aliphatic heterocycles. The number of ether oxygens (including phenoxy) is 2. The predicted octanol–water partition coefficient (Wildman–Crippen LogP) is 4.10. The lowest BCUT2D eigenvalue weighted by Gasteiger charge is -2.11. The molecule has 170 valence electrons. The molecule has 0 aliphatic carbocycles. The summed E-state index contributed by atoms with van der Waals surface area (Å²) in [5.74, 6) is 0.908. The molecule has 2 N–H and O–H groups in total. The van der Waals surface area contributed by atoms with Crippen molar-refractivity contribution >= 4 is 39.1 Å². The largest absolute Gasteiger partial charge is 0.480 e. The van der Waals surface area contributed by atoms with Crippen LogP contribution < -0.4 is 15.4 Å². The molecule has 3 rings (SSSR count). The minimum Gasteiger partial charge on any atom is -0.480 e. The van der Waals surface area contributed by atoms with E-state index in [1.807, 2.05) is 27.7 Å². The lowest BCUT2D eigenvalue weighted by molar-refractivity contribution is 0.0948. The zero-order chi connectivity index (χ0) is 23.4. The van der Waals surface area contributed by atoms with Crippen molar-refractivity contribution in [2.24, 2.45) is 5.92 Å². The summed E-state index contributed by atoms with van der Waals surface area (Å²) >= 11 is 1.28. The van der Waals surface area contributed by atoms with Crippen LogP contribution in [0.1, 0.15) is 50.8 Å². The molecule has 0 saturated carbocycles. The smallest absolute Gasteiger partial charge is 0.266 e. The van der Waals surface area contributed by atoms with E-state index in [1.54, 1.807) is 25.3 Å². The van der Waals surface area contributed by atoms with Gasteiger partial charge < -0.3 is 20.1 Å². The molecule has 0 aliphatic rings. The van der Waals surface area contributed by atoms with Crippen molar-refractivity contribution in [3.63, 3.8) is 0 Å². The molecule has 0 spiro atoms. The first-order valence-corrected chi connectivity index (χ1v) is 11.1. The standard InChI is InChI=1S/C23H28N4O4S/c1-12(2)10-24-20(28)15-7-8-16(13(3)9-15)25-21(29)19-14(4)18-22(31-6)26-17(11-30-5)27-23(18)32-19/h7-9,12H,10-11H2,1-6H3,(H,24,28)(H,25,29). The zero-order valence-corrected chi connectivity index (χ0v) is 20.0. The number of aromatic nitrogens is 2. The number of fused-ring (bicyclic) bond motifs is 1. The van der Waals surface area contributed by atoms with Gasteiger partial charge in [-0.3, -0.25) is 9.59 Å². The van der Waals surface area contributed by atoms with Crippen molar-refractivity contribution in [1.82, 2.24) is 15.3 Å². The number of nitrogens with one attached hydrogen (secondary N) is 2. The van der Waals surface area contributed by atoms with Crippen LogP contribution in [0.3, 0.4) is 0 Å². The average Bonchev–Trinajstić information content (AvgIpc) is 3.09. The minimum atomic E-state index is -0.249. The van der Waals surface area contributed by atoms with Crippen LogP contribution >= 0.6 is 11.3 Å². The molecule has 2 aromatic heterocycles. The lowest BCUT2D eigenvalue weighted by atomic mass is 10.1. The molecule has 2 amide bonds. The van der Waals surface area contributed by atoms with Gasteiger partial charge in [-0.25, -0.2) is 4.98 Å². The van der Waals surface area contributed by atoms with Crippen LogP contribution in [0.15, 0.2) is 18.2 Å². The Bertz CT molecular complexity index is 1160. The Hall–Kier alpha value is -3.04. The molecule has 9 heteroatoms. The van der Waals surface area contributed by atoms with Gasteiger partial charge in [0.15, 0.2) is 5.82 Å². The van der Waals surface area contributed by atoms with Crippen molar-refractivity contribution in [2.75, 3.05) is 26.1 Å². The summed E-state index contributed by atoms with van der Waals surface area (Å²) in [6, 6.07) is 5.23. The topological polar surface area (TPSA) is 102 Å². The summed E-state index contributed by atoms with van der Waals surface area (Å²) in [5, 5.41) is 6.57. The molecule has 2 heterocycles. The second kappa shape index (κ2) is 10.1. The summed E-state index contributed by atoms with van der Waals surface area (Å²) in [4.78, 5) is 35.4. The Labute approximate surface area is 191 Å². The molecule has 8 nitrogen and oxygen atoms in total. The van der Waals surface area contributed by atoms with Gasteiger partial charge in [0, 0.05) is 24.9 Å². The van der Waals surface area contributed by atoms with E-state index in [-0.39, 0.29) is 18.4 Å². The molecule has 0 saturated heterocycles. The van der Waals surface area contributed by atoms with Crippen LogP contribution in [0.25, 0.3) is 10.2 Å². The average molecular weight is 457 g/mol. The molecule has 0 atom stereocenters. The maximum absolute atomic E-state index is 13.1. The third-order valence-corrected chi connectivity index (χ3v) is 6.07. The van der Waals surface area contributed by atoms with Crippen LogP contribution in [-0.2, 0) is 11.3 Å². The van der Waals surface area contributed by atoms with Gasteiger partial charge in [-0.1, -0.05) is 13.8 Å². The first-order chi connectivity index (χ1) is 15.2. The number of anilines is 1. The first-order valence-electron chi connectivity index (χ1n) is 10.3. The number of thiophene rings is 1. The normalized spacial score (nSPS) is 11.1. The molecule has 32 heavy (non-hydrogen) atoms. The molecule has 3 aromatic rings. The highest BCUT2D eigenvalue weighted by Gasteiger charge is 2.22. The number of methoxy groups -OCH3 is 2. The summed E-state index contributed by atoms with van der Waals surface area (Å²) in [6.45, 7) is 8.66. The van der Waals surface area contributed by atoms with Crippen molar-refractivity contribution in [1.29, 1.82) is 0 Å². The van der Waals surface area contributed by atoms with Crippen LogP contribution in [0.4, 0.5) is 5.69 Å². The van der Waals surface area contributed by atoms with E-state index in [2.05, 4.69) is 20.6 Å².